The monoisotopic (exact) mass is 314 g/mol. The number of nitro groups is 1. The second-order valence-electron chi connectivity index (χ2n) is 5.15. The molecule has 2 rings (SSSR count). The number of anilines is 1. The van der Waals surface area contributed by atoms with Crippen LogP contribution in [0.3, 0.4) is 0 Å². The molecule has 5 atom stereocenters. The number of hydrogen-bond acceptors (Lipinski definition) is 8. The molecule has 1 fully saturated rings. The maximum absolute atomic E-state index is 10.7. The molecule has 0 aliphatic carbocycles. The first kappa shape index (κ1) is 16.6. The van der Waals surface area contributed by atoms with Gasteiger partial charge < -0.3 is 30.5 Å². The zero-order chi connectivity index (χ0) is 16.4. The standard InChI is InChI=1S/C13H18N2O7/c1-6-4-7(15(20)21)2-3-8(6)14-13-11(19)10(18)12(22-13)9(17)5-16/h2-4,9-14,16-19H,5H2,1H3/t9-,10+,11-,12+,13+/m1/s1. The van der Waals surface area contributed by atoms with E-state index in [0.29, 0.717) is 11.3 Å². The summed E-state index contributed by atoms with van der Waals surface area (Å²) >= 11 is 0. The highest BCUT2D eigenvalue weighted by atomic mass is 16.6. The fourth-order valence-electron chi connectivity index (χ4n) is 2.32. The number of rotatable bonds is 5. The summed E-state index contributed by atoms with van der Waals surface area (Å²) in [6, 6.07) is 4.12. The van der Waals surface area contributed by atoms with Crippen molar-refractivity contribution in [2.24, 2.45) is 0 Å². The lowest BCUT2D eigenvalue weighted by molar-refractivity contribution is -0.384. The largest absolute Gasteiger partial charge is 0.394 e. The lowest BCUT2D eigenvalue weighted by Crippen LogP contribution is -2.40. The van der Waals surface area contributed by atoms with Crippen molar-refractivity contribution in [1.29, 1.82) is 0 Å². The summed E-state index contributed by atoms with van der Waals surface area (Å²) in [5.41, 5.74) is 0.983. The van der Waals surface area contributed by atoms with Crippen LogP contribution in [-0.2, 0) is 4.74 Å². The van der Waals surface area contributed by atoms with Gasteiger partial charge in [-0.1, -0.05) is 0 Å². The number of non-ortho nitro benzene ring substituents is 1. The molecule has 0 amide bonds. The topological polar surface area (TPSA) is 145 Å². The Kier molecular flexibility index (Phi) is 4.94. The van der Waals surface area contributed by atoms with Crippen molar-refractivity contribution in [3.8, 4) is 0 Å². The molecule has 0 aromatic heterocycles. The summed E-state index contributed by atoms with van der Waals surface area (Å²) < 4.78 is 5.32. The van der Waals surface area contributed by atoms with Crippen LogP contribution in [0.25, 0.3) is 0 Å². The molecule has 1 aliphatic heterocycles. The lowest BCUT2D eigenvalue weighted by Gasteiger charge is -2.20. The van der Waals surface area contributed by atoms with Crippen LogP contribution in [0.1, 0.15) is 5.56 Å². The second kappa shape index (κ2) is 6.55. The molecule has 0 radical (unpaired) electrons. The highest BCUT2D eigenvalue weighted by Crippen LogP contribution is 2.28. The first-order valence-electron chi connectivity index (χ1n) is 6.67. The van der Waals surface area contributed by atoms with Gasteiger partial charge >= 0.3 is 0 Å². The van der Waals surface area contributed by atoms with Crippen molar-refractivity contribution >= 4 is 11.4 Å². The SMILES string of the molecule is Cc1cc([N+](=O)[O-])ccc1N[C@H]1O[C@@H]([C@H](O)CO)[C@@H](O)[C@H]1O. The van der Waals surface area contributed by atoms with Crippen LogP contribution in [0, 0.1) is 17.0 Å². The minimum absolute atomic E-state index is 0.0652. The van der Waals surface area contributed by atoms with Gasteiger partial charge in [0.15, 0.2) is 6.23 Å². The number of nitro benzene ring substituents is 1. The Morgan fingerprint density at radius 2 is 2.09 bits per heavy atom. The van der Waals surface area contributed by atoms with E-state index in [1.54, 1.807) is 6.92 Å². The average molecular weight is 314 g/mol. The summed E-state index contributed by atoms with van der Waals surface area (Å²) in [7, 11) is 0. The third-order valence-corrected chi connectivity index (χ3v) is 3.59. The Hall–Kier alpha value is -1.78. The molecule has 0 spiro atoms. The predicted octanol–water partition coefficient (Wildman–Crippen LogP) is -0.885. The average Bonchev–Trinajstić information content (AvgIpc) is 2.76. The Morgan fingerprint density at radius 3 is 2.64 bits per heavy atom. The molecule has 1 aliphatic rings. The molecular weight excluding hydrogens is 296 g/mol. The van der Waals surface area contributed by atoms with Crippen LogP contribution < -0.4 is 5.32 Å². The van der Waals surface area contributed by atoms with E-state index < -0.39 is 42.2 Å². The summed E-state index contributed by atoms with van der Waals surface area (Å²) in [5, 5.41) is 51.7. The van der Waals surface area contributed by atoms with Crippen molar-refractivity contribution in [3.63, 3.8) is 0 Å². The van der Waals surface area contributed by atoms with E-state index >= 15 is 0 Å². The van der Waals surface area contributed by atoms with Gasteiger partial charge in [-0.25, -0.2) is 0 Å². The van der Waals surface area contributed by atoms with Crippen LogP contribution >= 0.6 is 0 Å². The third-order valence-electron chi connectivity index (χ3n) is 3.59. The Morgan fingerprint density at radius 1 is 1.41 bits per heavy atom. The minimum Gasteiger partial charge on any atom is -0.394 e. The Balaban J connectivity index is 2.12. The quantitative estimate of drug-likeness (QED) is 0.348. The molecule has 122 valence electrons. The Labute approximate surface area is 125 Å². The summed E-state index contributed by atoms with van der Waals surface area (Å²) in [6.07, 6.45) is -6.15. The maximum atomic E-state index is 10.7. The highest BCUT2D eigenvalue weighted by molar-refractivity contribution is 5.55. The van der Waals surface area contributed by atoms with Crippen molar-refractivity contribution in [1.82, 2.24) is 0 Å². The summed E-state index contributed by atoms with van der Waals surface area (Å²) in [4.78, 5) is 10.2. The molecule has 9 heteroatoms. The molecule has 5 N–H and O–H groups in total. The van der Waals surface area contributed by atoms with Gasteiger partial charge in [-0.15, -0.1) is 0 Å². The van der Waals surface area contributed by atoms with Gasteiger partial charge in [-0.05, 0) is 18.6 Å². The molecule has 0 saturated carbocycles. The molecule has 9 nitrogen and oxygen atoms in total. The van der Waals surface area contributed by atoms with Gasteiger partial charge in [0.05, 0.1) is 11.5 Å². The lowest BCUT2D eigenvalue weighted by atomic mass is 10.1. The second-order valence-corrected chi connectivity index (χ2v) is 5.15. The van der Waals surface area contributed by atoms with Crippen LogP contribution in [0.15, 0.2) is 18.2 Å². The molecule has 22 heavy (non-hydrogen) atoms. The van der Waals surface area contributed by atoms with Crippen LogP contribution in [0.2, 0.25) is 0 Å². The van der Waals surface area contributed by atoms with Crippen LogP contribution in [0.5, 0.6) is 0 Å². The number of aliphatic hydroxyl groups is 4. The van der Waals surface area contributed by atoms with E-state index in [0.717, 1.165) is 0 Å². The number of hydrogen-bond donors (Lipinski definition) is 5. The third kappa shape index (κ3) is 3.18. The molecular formula is C13H18N2O7. The van der Waals surface area contributed by atoms with Crippen molar-refractivity contribution < 1.29 is 30.1 Å². The van der Waals surface area contributed by atoms with Crippen LogP contribution in [-0.4, -0.2) is 62.6 Å². The van der Waals surface area contributed by atoms with E-state index in [2.05, 4.69) is 5.32 Å². The Bertz CT molecular complexity index is 553. The molecule has 0 bridgehead atoms. The molecule has 1 aromatic rings. The van der Waals surface area contributed by atoms with Crippen LogP contribution in [0.4, 0.5) is 11.4 Å². The number of nitrogens with zero attached hydrogens (tertiary/aromatic N) is 1. The normalized spacial score (nSPS) is 29.3. The van der Waals surface area contributed by atoms with E-state index in [4.69, 9.17) is 9.84 Å². The van der Waals surface area contributed by atoms with Gasteiger partial charge in [0.1, 0.15) is 24.4 Å². The smallest absolute Gasteiger partial charge is 0.269 e. The number of ether oxygens (including phenoxy) is 1. The van der Waals surface area contributed by atoms with Gasteiger partial charge in [-0.3, -0.25) is 10.1 Å². The highest BCUT2D eigenvalue weighted by Gasteiger charge is 2.45. The van der Waals surface area contributed by atoms with E-state index in [1.807, 2.05) is 0 Å². The van der Waals surface area contributed by atoms with Crippen molar-refractivity contribution in [2.75, 3.05) is 11.9 Å². The molecule has 1 aromatic carbocycles. The van der Waals surface area contributed by atoms with Crippen molar-refractivity contribution in [3.05, 3.63) is 33.9 Å². The molecule has 0 unspecified atom stereocenters. The zero-order valence-corrected chi connectivity index (χ0v) is 11.8. The van der Waals surface area contributed by atoms with Gasteiger partial charge in [0.2, 0.25) is 0 Å². The fourth-order valence-corrected chi connectivity index (χ4v) is 2.32. The summed E-state index contributed by atoms with van der Waals surface area (Å²) in [5.74, 6) is 0. The van der Waals surface area contributed by atoms with E-state index in [9.17, 15) is 25.4 Å². The number of benzene rings is 1. The molecule has 1 heterocycles. The van der Waals surface area contributed by atoms with Crippen molar-refractivity contribution in [2.45, 2.75) is 37.6 Å². The maximum Gasteiger partial charge on any atom is 0.269 e. The van der Waals surface area contributed by atoms with Gasteiger partial charge in [-0.2, -0.15) is 0 Å². The van der Waals surface area contributed by atoms with E-state index in [-0.39, 0.29) is 5.69 Å². The summed E-state index contributed by atoms with van der Waals surface area (Å²) in [6.45, 7) is 1.03. The van der Waals surface area contributed by atoms with Gasteiger partial charge in [0.25, 0.3) is 5.69 Å². The number of nitrogens with one attached hydrogen (secondary N) is 1. The fraction of sp³-hybridized carbons (Fsp3) is 0.538. The minimum atomic E-state index is -1.36. The first-order valence-corrected chi connectivity index (χ1v) is 6.67. The number of aliphatic hydroxyl groups excluding tert-OH is 4. The number of aryl methyl sites for hydroxylation is 1. The first-order chi connectivity index (χ1) is 10.3. The van der Waals surface area contributed by atoms with Gasteiger partial charge in [0, 0.05) is 17.8 Å². The predicted molar refractivity (Wildman–Crippen MR) is 75.2 cm³/mol. The zero-order valence-electron chi connectivity index (χ0n) is 11.8. The van der Waals surface area contributed by atoms with E-state index in [1.165, 1.54) is 18.2 Å². The molecule has 1 saturated heterocycles.